The van der Waals surface area contributed by atoms with Crippen molar-refractivity contribution < 1.29 is 0 Å². The maximum Gasteiger partial charge on any atom is 0.0357 e. The fourth-order valence-electron chi connectivity index (χ4n) is 1.50. The van der Waals surface area contributed by atoms with Crippen LogP contribution in [-0.4, -0.2) is 5.71 Å². The summed E-state index contributed by atoms with van der Waals surface area (Å²) in [5.41, 5.74) is 3.05. The Hall–Kier alpha value is -1.11. The number of hydrogen-bond donors (Lipinski definition) is 1. The van der Waals surface area contributed by atoms with E-state index in [9.17, 15) is 0 Å². The zero-order chi connectivity index (χ0) is 9.84. The zero-order valence-electron chi connectivity index (χ0n) is 8.59. The molecule has 1 aromatic carbocycles. The van der Waals surface area contributed by atoms with Crippen LogP contribution >= 0.6 is 0 Å². The first kappa shape index (κ1) is 9.97. The van der Waals surface area contributed by atoms with Gasteiger partial charge < -0.3 is 5.41 Å². The first-order valence-corrected chi connectivity index (χ1v) is 4.74. The van der Waals surface area contributed by atoms with Crippen molar-refractivity contribution in [1.29, 1.82) is 5.41 Å². The zero-order valence-corrected chi connectivity index (χ0v) is 8.59. The largest absolute Gasteiger partial charge is 0.305 e. The van der Waals surface area contributed by atoms with E-state index in [2.05, 4.69) is 19.9 Å². The SMILES string of the molecule is CC(=N)c1ccccc1CC(C)C. The molecule has 0 saturated carbocycles. The molecule has 0 unspecified atom stereocenters. The Morgan fingerprint density at radius 3 is 2.46 bits per heavy atom. The fourth-order valence-corrected chi connectivity index (χ4v) is 1.50. The summed E-state index contributed by atoms with van der Waals surface area (Å²) in [6.07, 6.45) is 1.06. The number of benzene rings is 1. The predicted molar refractivity (Wildman–Crippen MR) is 57.5 cm³/mol. The molecule has 13 heavy (non-hydrogen) atoms. The molecule has 1 rings (SSSR count). The molecule has 0 aromatic heterocycles. The molecule has 0 aliphatic rings. The molecule has 0 amide bonds. The van der Waals surface area contributed by atoms with Crippen LogP contribution in [0.2, 0.25) is 0 Å². The monoisotopic (exact) mass is 175 g/mol. The number of nitrogens with one attached hydrogen (secondary N) is 1. The van der Waals surface area contributed by atoms with Gasteiger partial charge in [0.15, 0.2) is 0 Å². The van der Waals surface area contributed by atoms with Crippen molar-refractivity contribution in [2.75, 3.05) is 0 Å². The van der Waals surface area contributed by atoms with Crippen LogP contribution in [0.1, 0.15) is 31.9 Å². The molecule has 0 saturated heterocycles. The summed E-state index contributed by atoms with van der Waals surface area (Å²) < 4.78 is 0. The minimum absolute atomic E-state index is 0.653. The second kappa shape index (κ2) is 4.22. The lowest BCUT2D eigenvalue weighted by Gasteiger charge is -2.09. The van der Waals surface area contributed by atoms with Crippen molar-refractivity contribution in [3.63, 3.8) is 0 Å². The van der Waals surface area contributed by atoms with Crippen LogP contribution < -0.4 is 0 Å². The fraction of sp³-hybridized carbons (Fsp3) is 0.417. The van der Waals surface area contributed by atoms with Gasteiger partial charge in [0, 0.05) is 5.71 Å². The lowest BCUT2D eigenvalue weighted by atomic mass is 9.96. The molecule has 1 nitrogen and oxygen atoms in total. The van der Waals surface area contributed by atoms with Gasteiger partial charge in [0.25, 0.3) is 0 Å². The second-order valence-corrected chi connectivity index (χ2v) is 3.88. The van der Waals surface area contributed by atoms with Gasteiger partial charge >= 0.3 is 0 Å². The van der Waals surface area contributed by atoms with Crippen LogP contribution in [0.3, 0.4) is 0 Å². The summed E-state index contributed by atoms with van der Waals surface area (Å²) in [6.45, 7) is 6.26. The molecule has 0 fully saturated rings. The van der Waals surface area contributed by atoms with Crippen LogP contribution in [0.5, 0.6) is 0 Å². The van der Waals surface area contributed by atoms with Crippen molar-refractivity contribution in [2.24, 2.45) is 5.92 Å². The summed E-state index contributed by atoms with van der Waals surface area (Å²) in [5, 5.41) is 7.62. The van der Waals surface area contributed by atoms with Crippen molar-refractivity contribution in [3.05, 3.63) is 35.4 Å². The third-order valence-electron chi connectivity index (χ3n) is 2.05. The second-order valence-electron chi connectivity index (χ2n) is 3.88. The minimum atomic E-state index is 0.653. The number of hydrogen-bond acceptors (Lipinski definition) is 1. The lowest BCUT2D eigenvalue weighted by molar-refractivity contribution is 0.646. The van der Waals surface area contributed by atoms with Gasteiger partial charge in [0.05, 0.1) is 0 Å². The van der Waals surface area contributed by atoms with Gasteiger partial charge in [-0.15, -0.1) is 0 Å². The molecule has 0 atom stereocenters. The lowest BCUT2D eigenvalue weighted by Crippen LogP contribution is -2.02. The Bertz CT molecular complexity index is 300. The average Bonchev–Trinajstić information content (AvgIpc) is 2.03. The van der Waals surface area contributed by atoms with Gasteiger partial charge in [0.2, 0.25) is 0 Å². The normalized spacial score (nSPS) is 10.5. The number of rotatable bonds is 3. The smallest absolute Gasteiger partial charge is 0.0357 e. The maximum atomic E-state index is 7.62. The molecule has 1 N–H and O–H groups in total. The molecule has 0 aliphatic carbocycles. The standard InChI is InChI=1S/C12H17N/c1-9(2)8-11-6-4-5-7-12(11)10(3)13/h4-7,9,13H,8H2,1-3H3. The van der Waals surface area contributed by atoms with Gasteiger partial charge in [-0.3, -0.25) is 0 Å². The highest BCUT2D eigenvalue weighted by Gasteiger charge is 2.04. The summed E-state index contributed by atoms with van der Waals surface area (Å²) in [4.78, 5) is 0. The molecular weight excluding hydrogens is 158 g/mol. The minimum Gasteiger partial charge on any atom is -0.305 e. The highest BCUT2D eigenvalue weighted by atomic mass is 14.4. The third kappa shape index (κ3) is 2.69. The van der Waals surface area contributed by atoms with Crippen molar-refractivity contribution in [1.82, 2.24) is 0 Å². The summed E-state index contributed by atoms with van der Waals surface area (Å²) in [5.74, 6) is 0.653. The van der Waals surface area contributed by atoms with Crippen molar-refractivity contribution in [3.8, 4) is 0 Å². The van der Waals surface area contributed by atoms with E-state index in [1.807, 2.05) is 25.1 Å². The van der Waals surface area contributed by atoms with Crippen LogP contribution in [0, 0.1) is 11.3 Å². The first-order valence-electron chi connectivity index (χ1n) is 4.74. The van der Waals surface area contributed by atoms with E-state index in [1.165, 1.54) is 5.56 Å². The Balaban J connectivity index is 2.98. The van der Waals surface area contributed by atoms with E-state index in [4.69, 9.17) is 5.41 Å². The highest BCUT2D eigenvalue weighted by molar-refractivity contribution is 5.97. The molecule has 70 valence electrons. The molecule has 0 radical (unpaired) electrons. The van der Waals surface area contributed by atoms with E-state index >= 15 is 0 Å². The molecule has 0 heterocycles. The summed E-state index contributed by atoms with van der Waals surface area (Å²) in [7, 11) is 0. The van der Waals surface area contributed by atoms with Crippen LogP contribution in [0.4, 0.5) is 0 Å². The van der Waals surface area contributed by atoms with Crippen molar-refractivity contribution in [2.45, 2.75) is 27.2 Å². The average molecular weight is 175 g/mol. The third-order valence-corrected chi connectivity index (χ3v) is 2.05. The van der Waals surface area contributed by atoms with E-state index in [1.54, 1.807) is 0 Å². The Labute approximate surface area is 80.3 Å². The molecule has 0 aliphatic heterocycles. The highest BCUT2D eigenvalue weighted by Crippen LogP contribution is 2.13. The van der Waals surface area contributed by atoms with Crippen molar-refractivity contribution >= 4 is 5.71 Å². The Morgan fingerprint density at radius 1 is 1.31 bits per heavy atom. The molecule has 0 spiro atoms. The Kier molecular flexibility index (Phi) is 3.24. The van der Waals surface area contributed by atoms with Crippen LogP contribution in [0.25, 0.3) is 0 Å². The van der Waals surface area contributed by atoms with E-state index in [0.717, 1.165) is 12.0 Å². The first-order chi connectivity index (χ1) is 6.11. The maximum absolute atomic E-state index is 7.62. The Morgan fingerprint density at radius 2 is 1.92 bits per heavy atom. The van der Waals surface area contributed by atoms with Gasteiger partial charge in [-0.25, -0.2) is 0 Å². The summed E-state index contributed by atoms with van der Waals surface area (Å²) in [6, 6.07) is 8.19. The summed E-state index contributed by atoms with van der Waals surface area (Å²) >= 11 is 0. The van der Waals surface area contributed by atoms with E-state index in [0.29, 0.717) is 11.6 Å². The van der Waals surface area contributed by atoms with E-state index in [-0.39, 0.29) is 0 Å². The van der Waals surface area contributed by atoms with Gasteiger partial charge in [0.1, 0.15) is 0 Å². The molecular formula is C12H17N. The van der Waals surface area contributed by atoms with Gasteiger partial charge in [-0.05, 0) is 30.4 Å². The van der Waals surface area contributed by atoms with Crippen LogP contribution in [-0.2, 0) is 6.42 Å². The molecule has 1 heteroatoms. The quantitative estimate of drug-likeness (QED) is 0.682. The topological polar surface area (TPSA) is 23.9 Å². The van der Waals surface area contributed by atoms with Gasteiger partial charge in [-0.2, -0.15) is 0 Å². The van der Waals surface area contributed by atoms with Crippen LogP contribution in [0.15, 0.2) is 24.3 Å². The predicted octanol–water partition coefficient (Wildman–Crippen LogP) is 3.27. The van der Waals surface area contributed by atoms with Gasteiger partial charge in [-0.1, -0.05) is 38.1 Å². The van der Waals surface area contributed by atoms with E-state index < -0.39 is 0 Å². The molecule has 1 aromatic rings. The molecule has 0 bridgehead atoms.